The van der Waals surface area contributed by atoms with Crippen LogP contribution in [0.3, 0.4) is 0 Å². The molecule has 2 aliphatic rings. The molecule has 2 amide bonds. The zero-order valence-electron chi connectivity index (χ0n) is 15.0. The maximum Gasteiger partial charge on any atom is 0.315 e. The van der Waals surface area contributed by atoms with Crippen LogP contribution in [0.15, 0.2) is 10.7 Å². The lowest BCUT2D eigenvalue weighted by atomic mass is 9.93. The van der Waals surface area contributed by atoms with Crippen LogP contribution in [0.25, 0.3) is 0 Å². The summed E-state index contributed by atoms with van der Waals surface area (Å²) in [4.78, 5) is 16.3. The van der Waals surface area contributed by atoms with Gasteiger partial charge >= 0.3 is 6.03 Å². The van der Waals surface area contributed by atoms with Gasteiger partial charge in [-0.2, -0.15) is 0 Å². The van der Waals surface area contributed by atoms with Crippen molar-refractivity contribution in [2.45, 2.75) is 83.0 Å². The minimum absolute atomic E-state index is 0.0555. The number of rotatable bonds is 4. The highest BCUT2D eigenvalue weighted by Crippen LogP contribution is 2.43. The van der Waals surface area contributed by atoms with Crippen LogP contribution in [0.1, 0.15) is 70.9 Å². The largest absolute Gasteiger partial charge is 0.447 e. The average molecular weight is 335 g/mol. The summed E-state index contributed by atoms with van der Waals surface area (Å²) in [7, 11) is 0. The second-order valence-electron chi connectivity index (χ2n) is 8.11. The fourth-order valence-electron chi connectivity index (χ4n) is 3.59. The SMILES string of the molecule is CC(C)(C)c1coc(CNC(=O)NCC2CCC3(CCCC3)O2)n1. The molecule has 1 aromatic rings. The molecule has 6 nitrogen and oxygen atoms in total. The molecule has 0 radical (unpaired) electrons. The Morgan fingerprint density at radius 3 is 2.71 bits per heavy atom. The van der Waals surface area contributed by atoms with Crippen LogP contribution in [0.2, 0.25) is 0 Å². The van der Waals surface area contributed by atoms with E-state index >= 15 is 0 Å². The molecule has 1 aromatic heterocycles. The van der Waals surface area contributed by atoms with Crippen LogP contribution in [-0.4, -0.2) is 29.3 Å². The number of hydrogen-bond donors (Lipinski definition) is 2. The first kappa shape index (κ1) is 17.3. The number of aromatic nitrogens is 1. The summed E-state index contributed by atoms with van der Waals surface area (Å²) < 4.78 is 11.6. The minimum atomic E-state index is -0.207. The van der Waals surface area contributed by atoms with Crippen molar-refractivity contribution < 1.29 is 13.9 Å². The number of hydrogen-bond acceptors (Lipinski definition) is 4. The second kappa shape index (κ2) is 6.75. The highest BCUT2D eigenvalue weighted by Gasteiger charge is 2.42. The summed E-state index contributed by atoms with van der Waals surface area (Å²) in [6, 6.07) is -0.207. The fraction of sp³-hybridized carbons (Fsp3) is 0.778. The van der Waals surface area contributed by atoms with Crippen LogP contribution >= 0.6 is 0 Å². The first-order valence-corrected chi connectivity index (χ1v) is 9.01. The van der Waals surface area contributed by atoms with Crippen molar-refractivity contribution in [3.05, 3.63) is 17.8 Å². The van der Waals surface area contributed by atoms with E-state index in [1.165, 1.54) is 25.7 Å². The van der Waals surface area contributed by atoms with E-state index in [0.717, 1.165) is 18.5 Å². The Morgan fingerprint density at radius 2 is 2.04 bits per heavy atom. The molecule has 134 valence electrons. The molecule has 3 rings (SSSR count). The topological polar surface area (TPSA) is 76.4 Å². The highest BCUT2D eigenvalue weighted by molar-refractivity contribution is 5.73. The summed E-state index contributed by atoms with van der Waals surface area (Å²) in [5, 5.41) is 5.68. The molecule has 0 bridgehead atoms. The van der Waals surface area contributed by atoms with Crippen LogP contribution < -0.4 is 10.6 Å². The molecule has 1 unspecified atom stereocenters. The van der Waals surface area contributed by atoms with Gasteiger partial charge in [0.25, 0.3) is 0 Å². The summed E-state index contributed by atoms with van der Waals surface area (Å²) in [5.41, 5.74) is 0.950. The van der Waals surface area contributed by atoms with E-state index in [-0.39, 0.29) is 29.7 Å². The van der Waals surface area contributed by atoms with Crippen molar-refractivity contribution >= 4 is 6.03 Å². The number of nitrogens with one attached hydrogen (secondary N) is 2. The van der Waals surface area contributed by atoms with Gasteiger partial charge in [-0.15, -0.1) is 0 Å². The van der Waals surface area contributed by atoms with Crippen molar-refractivity contribution in [2.75, 3.05) is 6.54 Å². The molecule has 1 spiro atoms. The molecular formula is C18H29N3O3. The lowest BCUT2D eigenvalue weighted by molar-refractivity contribution is -0.0341. The number of carbonyl (C=O) groups excluding carboxylic acids is 1. The molecule has 6 heteroatoms. The summed E-state index contributed by atoms with van der Waals surface area (Å²) in [6.07, 6.45) is 8.86. The summed E-state index contributed by atoms with van der Waals surface area (Å²) in [5.74, 6) is 0.525. The van der Waals surface area contributed by atoms with Crippen LogP contribution in [0.5, 0.6) is 0 Å². The standard InChI is InChI=1S/C18H29N3O3/c1-17(2,3)14-12-23-15(21-14)11-20-16(22)19-10-13-6-9-18(24-13)7-4-5-8-18/h12-13H,4-11H2,1-3H3,(H2,19,20,22). The Bertz CT molecular complexity index is 570. The Labute approximate surface area is 143 Å². The zero-order chi connectivity index (χ0) is 17.2. The smallest absolute Gasteiger partial charge is 0.315 e. The van der Waals surface area contributed by atoms with Gasteiger partial charge < -0.3 is 19.8 Å². The van der Waals surface area contributed by atoms with Crippen LogP contribution in [0, 0.1) is 0 Å². The number of carbonyl (C=O) groups is 1. The first-order valence-electron chi connectivity index (χ1n) is 9.01. The molecule has 1 atom stereocenters. The monoisotopic (exact) mass is 335 g/mol. The molecule has 1 saturated heterocycles. The number of ether oxygens (including phenoxy) is 1. The third kappa shape index (κ3) is 4.09. The van der Waals surface area contributed by atoms with E-state index in [9.17, 15) is 4.79 Å². The van der Waals surface area contributed by atoms with Crippen molar-refractivity contribution in [1.29, 1.82) is 0 Å². The van der Waals surface area contributed by atoms with E-state index in [2.05, 4.69) is 36.4 Å². The minimum Gasteiger partial charge on any atom is -0.447 e. The van der Waals surface area contributed by atoms with E-state index in [0.29, 0.717) is 12.4 Å². The first-order chi connectivity index (χ1) is 11.4. The van der Waals surface area contributed by atoms with Gasteiger partial charge in [-0.3, -0.25) is 0 Å². The van der Waals surface area contributed by atoms with Gasteiger partial charge in [0.1, 0.15) is 6.26 Å². The van der Waals surface area contributed by atoms with Crippen LogP contribution in [-0.2, 0) is 16.7 Å². The predicted molar refractivity (Wildman–Crippen MR) is 90.7 cm³/mol. The molecule has 0 aromatic carbocycles. The van der Waals surface area contributed by atoms with Gasteiger partial charge in [0, 0.05) is 12.0 Å². The summed E-state index contributed by atoms with van der Waals surface area (Å²) in [6.45, 7) is 7.08. The maximum atomic E-state index is 11.9. The van der Waals surface area contributed by atoms with Crippen molar-refractivity contribution in [3.63, 3.8) is 0 Å². The lowest BCUT2D eigenvalue weighted by Crippen LogP contribution is -2.40. The van der Waals surface area contributed by atoms with Gasteiger partial charge in [0.05, 0.1) is 23.9 Å². The highest BCUT2D eigenvalue weighted by atomic mass is 16.5. The molecule has 1 aliphatic heterocycles. The fourth-order valence-corrected chi connectivity index (χ4v) is 3.59. The van der Waals surface area contributed by atoms with Gasteiger partial charge in [0.2, 0.25) is 5.89 Å². The lowest BCUT2D eigenvalue weighted by Gasteiger charge is -2.23. The Balaban J connectivity index is 1.38. The Hall–Kier alpha value is -1.56. The van der Waals surface area contributed by atoms with E-state index in [4.69, 9.17) is 9.15 Å². The van der Waals surface area contributed by atoms with E-state index in [1.54, 1.807) is 6.26 Å². The second-order valence-corrected chi connectivity index (χ2v) is 8.11. The van der Waals surface area contributed by atoms with Crippen molar-refractivity contribution in [1.82, 2.24) is 15.6 Å². The quantitative estimate of drug-likeness (QED) is 0.885. The number of oxazole rings is 1. The van der Waals surface area contributed by atoms with Gasteiger partial charge in [-0.1, -0.05) is 33.6 Å². The molecule has 2 N–H and O–H groups in total. The molecule has 2 fully saturated rings. The Kier molecular flexibility index (Phi) is 4.85. The maximum absolute atomic E-state index is 11.9. The Morgan fingerprint density at radius 1 is 1.29 bits per heavy atom. The summed E-state index contributed by atoms with van der Waals surface area (Å²) >= 11 is 0. The molecule has 24 heavy (non-hydrogen) atoms. The van der Waals surface area contributed by atoms with E-state index in [1.807, 2.05) is 0 Å². The average Bonchev–Trinajstić information content (AvgIpc) is 3.25. The van der Waals surface area contributed by atoms with Gasteiger partial charge in [-0.25, -0.2) is 9.78 Å². The third-order valence-electron chi connectivity index (χ3n) is 5.06. The van der Waals surface area contributed by atoms with Crippen molar-refractivity contribution in [2.24, 2.45) is 0 Å². The number of amides is 2. The number of nitrogens with zero attached hydrogens (tertiary/aromatic N) is 1. The van der Waals surface area contributed by atoms with Gasteiger partial charge in [-0.05, 0) is 25.7 Å². The predicted octanol–water partition coefficient (Wildman–Crippen LogP) is 3.26. The normalized spacial score (nSPS) is 22.9. The third-order valence-corrected chi connectivity index (χ3v) is 5.06. The van der Waals surface area contributed by atoms with Crippen LogP contribution in [0.4, 0.5) is 4.79 Å². The number of urea groups is 1. The molecule has 1 saturated carbocycles. The molecule has 2 heterocycles. The molecular weight excluding hydrogens is 306 g/mol. The van der Waals surface area contributed by atoms with Gasteiger partial charge in [0.15, 0.2) is 0 Å². The molecule has 1 aliphatic carbocycles. The zero-order valence-corrected chi connectivity index (χ0v) is 15.0. The van der Waals surface area contributed by atoms with Crippen molar-refractivity contribution in [3.8, 4) is 0 Å². The van der Waals surface area contributed by atoms with E-state index < -0.39 is 0 Å².